The first kappa shape index (κ1) is 21.6. The number of fused-ring (bicyclic) bond motifs is 1. The number of pyridine rings is 1. The van der Waals surface area contributed by atoms with Crippen molar-refractivity contribution >= 4 is 33.8 Å². The van der Waals surface area contributed by atoms with Crippen molar-refractivity contribution in [1.82, 2.24) is 4.98 Å². The number of carbonyl (C=O) groups is 1. The fourth-order valence-corrected chi connectivity index (χ4v) is 3.77. The van der Waals surface area contributed by atoms with E-state index in [9.17, 15) is 4.79 Å². The molecular weight excluding hydrogens is 424 g/mol. The molecule has 164 valence electrons. The summed E-state index contributed by atoms with van der Waals surface area (Å²) >= 11 is 1.40. The average Bonchev–Trinajstić information content (AvgIpc) is 3.35. The predicted octanol–water partition coefficient (Wildman–Crippen LogP) is 6.53. The van der Waals surface area contributed by atoms with Gasteiger partial charge in [0.1, 0.15) is 11.5 Å². The summed E-state index contributed by atoms with van der Waals surface area (Å²) in [5.41, 5.74) is 1.46. The molecular formula is C25H24N2O4S. The zero-order valence-corrected chi connectivity index (χ0v) is 18.8. The number of nitrogens with one attached hydrogen (secondary N) is 1. The summed E-state index contributed by atoms with van der Waals surface area (Å²) in [5.74, 6) is 2.48. The highest BCUT2D eigenvalue weighted by atomic mass is 32.1. The molecule has 6 nitrogen and oxygen atoms in total. The van der Waals surface area contributed by atoms with Crippen molar-refractivity contribution in [2.75, 3.05) is 19.0 Å². The van der Waals surface area contributed by atoms with Gasteiger partial charge in [-0.1, -0.05) is 19.4 Å². The van der Waals surface area contributed by atoms with Crippen molar-refractivity contribution in [3.8, 4) is 23.0 Å². The van der Waals surface area contributed by atoms with Gasteiger partial charge in [0.15, 0.2) is 11.5 Å². The van der Waals surface area contributed by atoms with Crippen LogP contribution in [0.25, 0.3) is 10.9 Å². The third-order valence-corrected chi connectivity index (χ3v) is 5.70. The van der Waals surface area contributed by atoms with Crippen LogP contribution in [0.4, 0.5) is 5.69 Å². The molecule has 2 aromatic heterocycles. The van der Waals surface area contributed by atoms with Crippen molar-refractivity contribution in [1.29, 1.82) is 0 Å². The number of ether oxygens (including phenoxy) is 3. The molecule has 0 saturated carbocycles. The molecule has 0 saturated heterocycles. The third kappa shape index (κ3) is 5.00. The molecule has 0 aliphatic carbocycles. The second-order valence-corrected chi connectivity index (χ2v) is 8.04. The number of anilines is 1. The smallest absolute Gasteiger partial charge is 0.265 e. The number of unbranched alkanes of at least 4 members (excludes halogenated alkanes) is 1. The Labute approximate surface area is 190 Å². The van der Waals surface area contributed by atoms with Crippen LogP contribution in [0, 0.1) is 0 Å². The Morgan fingerprint density at radius 2 is 1.91 bits per heavy atom. The monoisotopic (exact) mass is 448 g/mol. The molecule has 0 unspecified atom stereocenters. The molecule has 4 rings (SSSR count). The van der Waals surface area contributed by atoms with Gasteiger partial charge in [0, 0.05) is 23.3 Å². The number of hydrogen-bond donors (Lipinski definition) is 1. The van der Waals surface area contributed by atoms with Gasteiger partial charge in [0.05, 0.1) is 24.1 Å². The SMILES string of the molecule is CCCCOc1cc2nccc(Oc3ccc(NC(=O)c4cccs4)cc3)c2cc1OC. The average molecular weight is 449 g/mol. The third-order valence-electron chi connectivity index (χ3n) is 4.83. The predicted molar refractivity (Wildman–Crippen MR) is 127 cm³/mol. The van der Waals surface area contributed by atoms with Gasteiger partial charge in [-0.25, -0.2) is 0 Å². The van der Waals surface area contributed by atoms with Gasteiger partial charge < -0.3 is 19.5 Å². The lowest BCUT2D eigenvalue weighted by atomic mass is 10.1. The molecule has 2 heterocycles. The van der Waals surface area contributed by atoms with Crippen LogP contribution in [0.5, 0.6) is 23.0 Å². The van der Waals surface area contributed by atoms with Crippen LogP contribution < -0.4 is 19.5 Å². The number of amides is 1. The van der Waals surface area contributed by atoms with Crippen LogP contribution in [0.1, 0.15) is 29.4 Å². The number of aromatic nitrogens is 1. The van der Waals surface area contributed by atoms with E-state index in [1.54, 1.807) is 19.4 Å². The zero-order valence-electron chi connectivity index (χ0n) is 18.0. The minimum Gasteiger partial charge on any atom is -0.493 e. The molecule has 0 fully saturated rings. The molecule has 0 bridgehead atoms. The molecule has 0 aliphatic rings. The van der Waals surface area contributed by atoms with E-state index in [0.717, 1.165) is 23.7 Å². The summed E-state index contributed by atoms with van der Waals surface area (Å²) in [6.07, 6.45) is 3.74. The van der Waals surface area contributed by atoms with Crippen LogP contribution in [-0.4, -0.2) is 24.6 Å². The molecule has 4 aromatic rings. The van der Waals surface area contributed by atoms with Crippen LogP contribution >= 0.6 is 11.3 Å². The number of methoxy groups -OCH3 is 1. The van der Waals surface area contributed by atoms with E-state index < -0.39 is 0 Å². The van der Waals surface area contributed by atoms with E-state index in [0.29, 0.717) is 40.2 Å². The Morgan fingerprint density at radius 1 is 1.06 bits per heavy atom. The lowest BCUT2D eigenvalue weighted by molar-refractivity contribution is 0.103. The van der Waals surface area contributed by atoms with Gasteiger partial charge >= 0.3 is 0 Å². The highest BCUT2D eigenvalue weighted by Crippen LogP contribution is 2.37. The van der Waals surface area contributed by atoms with Gasteiger partial charge in [0.25, 0.3) is 5.91 Å². The molecule has 0 spiro atoms. The maximum Gasteiger partial charge on any atom is 0.265 e. The molecule has 0 atom stereocenters. The summed E-state index contributed by atoms with van der Waals surface area (Å²) in [6, 6.07) is 16.5. The lowest BCUT2D eigenvalue weighted by Crippen LogP contribution is -2.09. The standard InChI is InChI=1S/C25H24N2O4S/c1-3-4-13-30-23-16-20-19(15-22(23)29-2)21(11-12-26-20)31-18-9-7-17(8-10-18)27-25(28)24-6-5-14-32-24/h5-12,14-16H,3-4,13H2,1-2H3,(H,27,28). The van der Waals surface area contributed by atoms with Crippen molar-refractivity contribution in [2.45, 2.75) is 19.8 Å². The fraction of sp³-hybridized carbons (Fsp3) is 0.200. The lowest BCUT2D eigenvalue weighted by Gasteiger charge is -2.14. The first-order chi connectivity index (χ1) is 15.7. The summed E-state index contributed by atoms with van der Waals surface area (Å²) in [7, 11) is 1.62. The number of nitrogens with zero attached hydrogens (tertiary/aromatic N) is 1. The molecule has 32 heavy (non-hydrogen) atoms. The number of benzene rings is 2. The first-order valence-electron chi connectivity index (χ1n) is 10.4. The van der Waals surface area contributed by atoms with E-state index in [4.69, 9.17) is 14.2 Å². The summed E-state index contributed by atoms with van der Waals surface area (Å²) < 4.78 is 17.5. The van der Waals surface area contributed by atoms with Gasteiger partial charge in [-0.3, -0.25) is 9.78 Å². The normalized spacial score (nSPS) is 10.7. The highest BCUT2D eigenvalue weighted by Gasteiger charge is 2.12. The van der Waals surface area contributed by atoms with Crippen LogP contribution in [0.15, 0.2) is 66.2 Å². The van der Waals surface area contributed by atoms with Crippen LogP contribution in [0.2, 0.25) is 0 Å². The van der Waals surface area contributed by atoms with Crippen molar-refractivity contribution in [2.24, 2.45) is 0 Å². The van der Waals surface area contributed by atoms with Crippen molar-refractivity contribution < 1.29 is 19.0 Å². The molecule has 7 heteroatoms. The van der Waals surface area contributed by atoms with Gasteiger partial charge in [-0.05, 0) is 54.3 Å². The summed E-state index contributed by atoms with van der Waals surface area (Å²) in [5, 5.41) is 5.58. The number of hydrogen-bond acceptors (Lipinski definition) is 6. The maximum atomic E-state index is 12.2. The van der Waals surface area contributed by atoms with Gasteiger partial charge in [0.2, 0.25) is 0 Å². The Hall–Kier alpha value is -3.58. The Morgan fingerprint density at radius 3 is 2.62 bits per heavy atom. The second-order valence-electron chi connectivity index (χ2n) is 7.09. The van der Waals surface area contributed by atoms with E-state index in [1.807, 2.05) is 53.9 Å². The van der Waals surface area contributed by atoms with Gasteiger partial charge in [-0.15, -0.1) is 11.3 Å². The van der Waals surface area contributed by atoms with Crippen LogP contribution in [-0.2, 0) is 0 Å². The molecule has 1 N–H and O–H groups in total. The number of carbonyl (C=O) groups excluding carboxylic acids is 1. The van der Waals surface area contributed by atoms with E-state index in [2.05, 4.69) is 17.2 Å². The van der Waals surface area contributed by atoms with Crippen molar-refractivity contribution in [3.63, 3.8) is 0 Å². The summed E-state index contributed by atoms with van der Waals surface area (Å²) in [6.45, 7) is 2.75. The van der Waals surface area contributed by atoms with Crippen LogP contribution in [0.3, 0.4) is 0 Å². The highest BCUT2D eigenvalue weighted by molar-refractivity contribution is 7.12. The fourth-order valence-electron chi connectivity index (χ4n) is 3.15. The Balaban J connectivity index is 1.52. The topological polar surface area (TPSA) is 69.7 Å². The maximum absolute atomic E-state index is 12.2. The number of rotatable bonds is 9. The van der Waals surface area contributed by atoms with E-state index in [1.165, 1.54) is 11.3 Å². The second kappa shape index (κ2) is 10.2. The van der Waals surface area contributed by atoms with Crippen molar-refractivity contribution in [3.05, 3.63) is 71.1 Å². The van der Waals surface area contributed by atoms with E-state index >= 15 is 0 Å². The Kier molecular flexibility index (Phi) is 6.87. The largest absolute Gasteiger partial charge is 0.493 e. The summed E-state index contributed by atoms with van der Waals surface area (Å²) in [4.78, 5) is 17.3. The Bertz CT molecular complexity index is 1190. The van der Waals surface area contributed by atoms with Gasteiger partial charge in [-0.2, -0.15) is 0 Å². The molecule has 0 aliphatic heterocycles. The number of thiophene rings is 1. The zero-order chi connectivity index (χ0) is 22.3. The minimum absolute atomic E-state index is 0.127. The first-order valence-corrected chi connectivity index (χ1v) is 11.3. The molecule has 2 aromatic carbocycles. The quantitative estimate of drug-likeness (QED) is 0.295. The minimum atomic E-state index is -0.127. The molecule has 1 amide bonds. The van der Waals surface area contributed by atoms with E-state index in [-0.39, 0.29) is 5.91 Å². The molecule has 0 radical (unpaired) electrons.